The monoisotopic (exact) mass is 177 g/mol. The normalized spacial score (nSPS) is 21.2. The Kier molecular flexibility index (Phi) is 2.32. The van der Waals surface area contributed by atoms with Crippen molar-refractivity contribution in [1.29, 1.82) is 0 Å². The number of aromatic nitrogens is 1. The molecule has 1 aliphatic carbocycles. The molecule has 0 saturated heterocycles. The first-order valence-electron chi connectivity index (χ1n) is 4.97. The van der Waals surface area contributed by atoms with Gasteiger partial charge in [-0.05, 0) is 36.8 Å². The minimum Gasteiger partial charge on any atom is -0.387 e. The van der Waals surface area contributed by atoms with E-state index >= 15 is 0 Å². The van der Waals surface area contributed by atoms with Gasteiger partial charge in [0.2, 0.25) is 0 Å². The lowest BCUT2D eigenvalue weighted by Gasteiger charge is -2.20. The molecule has 2 heteroatoms. The van der Waals surface area contributed by atoms with Crippen LogP contribution in [0.3, 0.4) is 0 Å². The van der Waals surface area contributed by atoms with Gasteiger partial charge in [-0.2, -0.15) is 0 Å². The molecule has 0 amide bonds. The fraction of sp³-hybridized carbons (Fsp3) is 0.545. The third kappa shape index (κ3) is 1.59. The predicted octanol–water partition coefficient (Wildman–Crippen LogP) is 2.01. The summed E-state index contributed by atoms with van der Waals surface area (Å²) in [6, 6.07) is 2.19. The van der Waals surface area contributed by atoms with E-state index in [4.69, 9.17) is 0 Å². The summed E-state index contributed by atoms with van der Waals surface area (Å²) >= 11 is 0. The van der Waals surface area contributed by atoms with Gasteiger partial charge >= 0.3 is 0 Å². The van der Waals surface area contributed by atoms with Gasteiger partial charge in [0.15, 0.2) is 0 Å². The second kappa shape index (κ2) is 3.46. The zero-order valence-corrected chi connectivity index (χ0v) is 7.95. The summed E-state index contributed by atoms with van der Waals surface area (Å²) in [6.45, 7) is 2.13. The smallest absolute Gasteiger partial charge is 0.0962 e. The number of hydrogen-bond acceptors (Lipinski definition) is 2. The SMILES string of the molecule is CCc1cnc2c(c1)CCCC2O. The Morgan fingerprint density at radius 3 is 3.23 bits per heavy atom. The van der Waals surface area contributed by atoms with Crippen molar-refractivity contribution in [3.8, 4) is 0 Å². The molecule has 1 atom stereocenters. The zero-order valence-electron chi connectivity index (χ0n) is 7.95. The van der Waals surface area contributed by atoms with Crippen molar-refractivity contribution in [3.05, 3.63) is 29.1 Å². The van der Waals surface area contributed by atoms with Crippen LogP contribution < -0.4 is 0 Å². The fourth-order valence-electron chi connectivity index (χ4n) is 1.89. The fourth-order valence-corrected chi connectivity index (χ4v) is 1.89. The minimum absolute atomic E-state index is 0.324. The van der Waals surface area contributed by atoms with Gasteiger partial charge in [0.05, 0.1) is 11.8 Å². The first-order chi connectivity index (χ1) is 6.31. The molecule has 1 unspecified atom stereocenters. The maximum absolute atomic E-state index is 9.66. The van der Waals surface area contributed by atoms with Gasteiger partial charge in [-0.15, -0.1) is 0 Å². The number of nitrogens with zero attached hydrogens (tertiary/aromatic N) is 1. The summed E-state index contributed by atoms with van der Waals surface area (Å²) < 4.78 is 0. The molecule has 1 aromatic heterocycles. The molecule has 2 rings (SSSR count). The van der Waals surface area contributed by atoms with Crippen LogP contribution in [0.4, 0.5) is 0 Å². The first kappa shape index (κ1) is 8.70. The van der Waals surface area contributed by atoms with Crippen molar-refractivity contribution in [2.75, 3.05) is 0 Å². The van der Waals surface area contributed by atoms with E-state index in [0.717, 1.165) is 31.4 Å². The summed E-state index contributed by atoms with van der Waals surface area (Å²) in [5, 5.41) is 9.66. The molecule has 1 heterocycles. The molecule has 0 aromatic carbocycles. The highest BCUT2D eigenvalue weighted by atomic mass is 16.3. The predicted molar refractivity (Wildman–Crippen MR) is 51.5 cm³/mol. The van der Waals surface area contributed by atoms with Crippen LogP contribution in [0.25, 0.3) is 0 Å². The van der Waals surface area contributed by atoms with Gasteiger partial charge in [0, 0.05) is 6.20 Å². The summed E-state index contributed by atoms with van der Waals surface area (Å²) in [7, 11) is 0. The Balaban J connectivity index is 2.39. The molecule has 1 aromatic rings. The van der Waals surface area contributed by atoms with Crippen molar-refractivity contribution >= 4 is 0 Å². The molecule has 1 aliphatic rings. The molecular weight excluding hydrogens is 162 g/mol. The number of aliphatic hydroxyl groups excluding tert-OH is 1. The first-order valence-corrected chi connectivity index (χ1v) is 4.97. The second-order valence-corrected chi connectivity index (χ2v) is 3.65. The Morgan fingerprint density at radius 1 is 1.62 bits per heavy atom. The number of aryl methyl sites for hydroxylation is 2. The van der Waals surface area contributed by atoms with E-state index in [1.165, 1.54) is 11.1 Å². The minimum atomic E-state index is -0.324. The van der Waals surface area contributed by atoms with E-state index in [2.05, 4.69) is 18.0 Å². The van der Waals surface area contributed by atoms with Crippen molar-refractivity contribution in [2.45, 2.75) is 38.7 Å². The number of fused-ring (bicyclic) bond motifs is 1. The van der Waals surface area contributed by atoms with Crippen molar-refractivity contribution in [1.82, 2.24) is 4.98 Å². The molecule has 13 heavy (non-hydrogen) atoms. The molecule has 0 fully saturated rings. The molecule has 0 radical (unpaired) electrons. The average Bonchev–Trinajstić information content (AvgIpc) is 2.18. The molecule has 70 valence electrons. The van der Waals surface area contributed by atoms with E-state index in [-0.39, 0.29) is 6.10 Å². The standard InChI is InChI=1S/C11H15NO/c1-2-8-6-9-4-3-5-10(13)11(9)12-7-8/h6-7,10,13H,2-5H2,1H3. The maximum atomic E-state index is 9.66. The van der Waals surface area contributed by atoms with E-state index in [1.807, 2.05) is 6.20 Å². The van der Waals surface area contributed by atoms with Crippen molar-refractivity contribution in [2.24, 2.45) is 0 Å². The summed E-state index contributed by atoms with van der Waals surface area (Å²) in [4.78, 5) is 4.32. The maximum Gasteiger partial charge on any atom is 0.0962 e. The third-order valence-electron chi connectivity index (χ3n) is 2.71. The Bertz CT molecular complexity index is 309. The van der Waals surface area contributed by atoms with Crippen LogP contribution in [0.1, 0.15) is 42.7 Å². The Labute approximate surface area is 78.6 Å². The van der Waals surface area contributed by atoms with Crippen molar-refractivity contribution in [3.63, 3.8) is 0 Å². The molecule has 0 spiro atoms. The van der Waals surface area contributed by atoms with E-state index in [0.29, 0.717) is 0 Å². The quantitative estimate of drug-likeness (QED) is 0.711. The number of hydrogen-bond donors (Lipinski definition) is 1. The van der Waals surface area contributed by atoms with Crippen LogP contribution in [-0.4, -0.2) is 10.1 Å². The molecular formula is C11H15NO. The summed E-state index contributed by atoms with van der Waals surface area (Å²) in [5.74, 6) is 0. The average molecular weight is 177 g/mol. The summed E-state index contributed by atoms with van der Waals surface area (Å²) in [6.07, 6.45) is 5.61. The van der Waals surface area contributed by atoms with Crippen LogP contribution in [0.5, 0.6) is 0 Å². The van der Waals surface area contributed by atoms with Crippen LogP contribution in [-0.2, 0) is 12.8 Å². The highest BCUT2D eigenvalue weighted by molar-refractivity contribution is 5.28. The second-order valence-electron chi connectivity index (χ2n) is 3.65. The van der Waals surface area contributed by atoms with Gasteiger partial charge in [-0.1, -0.05) is 13.0 Å². The van der Waals surface area contributed by atoms with E-state index in [1.54, 1.807) is 0 Å². The lowest BCUT2D eigenvalue weighted by molar-refractivity contribution is 0.151. The highest BCUT2D eigenvalue weighted by Gasteiger charge is 2.18. The van der Waals surface area contributed by atoms with Crippen LogP contribution in [0, 0.1) is 0 Å². The lowest BCUT2D eigenvalue weighted by Crippen LogP contribution is -2.11. The lowest BCUT2D eigenvalue weighted by atomic mass is 9.92. The van der Waals surface area contributed by atoms with Gasteiger partial charge in [0.25, 0.3) is 0 Å². The van der Waals surface area contributed by atoms with Crippen molar-refractivity contribution < 1.29 is 5.11 Å². The van der Waals surface area contributed by atoms with Crippen LogP contribution in [0.15, 0.2) is 12.3 Å². The van der Waals surface area contributed by atoms with E-state index < -0.39 is 0 Å². The number of pyridine rings is 1. The topological polar surface area (TPSA) is 33.1 Å². The summed E-state index contributed by atoms with van der Waals surface area (Å²) in [5.41, 5.74) is 3.43. The van der Waals surface area contributed by atoms with Gasteiger partial charge in [0.1, 0.15) is 0 Å². The highest BCUT2D eigenvalue weighted by Crippen LogP contribution is 2.28. The number of aliphatic hydroxyl groups is 1. The van der Waals surface area contributed by atoms with Gasteiger partial charge < -0.3 is 5.11 Å². The van der Waals surface area contributed by atoms with Gasteiger partial charge in [-0.25, -0.2) is 0 Å². The van der Waals surface area contributed by atoms with Crippen LogP contribution in [0.2, 0.25) is 0 Å². The molecule has 0 aliphatic heterocycles. The Hall–Kier alpha value is -0.890. The molecule has 2 nitrogen and oxygen atoms in total. The number of rotatable bonds is 1. The Morgan fingerprint density at radius 2 is 2.46 bits per heavy atom. The molecule has 1 N–H and O–H groups in total. The third-order valence-corrected chi connectivity index (χ3v) is 2.71. The molecule has 0 saturated carbocycles. The largest absolute Gasteiger partial charge is 0.387 e. The molecule has 0 bridgehead atoms. The van der Waals surface area contributed by atoms with E-state index in [9.17, 15) is 5.11 Å². The van der Waals surface area contributed by atoms with Crippen LogP contribution >= 0.6 is 0 Å². The zero-order chi connectivity index (χ0) is 9.26. The van der Waals surface area contributed by atoms with Gasteiger partial charge in [-0.3, -0.25) is 4.98 Å².